The molecular weight excluding hydrogens is 346 g/mol. The standard InChI is InChI=1S/C14H7BrClNO3/c15-9-5-7(1-3-10(9)16)13-17-11-4-2-8(14(18)19)6-12(11)20-13/h1-6H,(H,18,19). The Morgan fingerprint density at radius 3 is 2.75 bits per heavy atom. The number of aromatic nitrogens is 1. The van der Waals surface area contributed by atoms with Gasteiger partial charge in [0, 0.05) is 10.0 Å². The molecule has 0 aliphatic carbocycles. The predicted octanol–water partition coefficient (Wildman–Crippen LogP) is 4.61. The van der Waals surface area contributed by atoms with Crippen molar-refractivity contribution in [1.29, 1.82) is 0 Å². The molecule has 2 aromatic carbocycles. The third kappa shape index (κ3) is 2.30. The Morgan fingerprint density at radius 1 is 1.25 bits per heavy atom. The van der Waals surface area contributed by atoms with Crippen molar-refractivity contribution in [1.82, 2.24) is 4.98 Å². The van der Waals surface area contributed by atoms with Gasteiger partial charge in [0.05, 0.1) is 10.6 Å². The molecule has 1 heterocycles. The molecular formula is C14H7BrClNO3. The van der Waals surface area contributed by atoms with Crippen LogP contribution >= 0.6 is 27.5 Å². The zero-order valence-corrected chi connectivity index (χ0v) is 12.3. The first-order chi connectivity index (χ1) is 9.54. The van der Waals surface area contributed by atoms with Crippen LogP contribution in [0.15, 0.2) is 45.3 Å². The molecule has 0 spiro atoms. The summed E-state index contributed by atoms with van der Waals surface area (Å²) in [5.41, 5.74) is 1.97. The molecule has 3 rings (SSSR count). The third-order valence-electron chi connectivity index (χ3n) is 2.80. The maximum atomic E-state index is 10.9. The van der Waals surface area contributed by atoms with Crippen LogP contribution in [-0.2, 0) is 0 Å². The molecule has 0 bridgehead atoms. The molecule has 0 saturated heterocycles. The smallest absolute Gasteiger partial charge is 0.335 e. The molecule has 0 saturated carbocycles. The molecule has 1 N–H and O–H groups in total. The summed E-state index contributed by atoms with van der Waals surface area (Å²) >= 11 is 9.28. The third-order valence-corrected chi connectivity index (χ3v) is 4.02. The molecule has 100 valence electrons. The van der Waals surface area contributed by atoms with Crippen LogP contribution in [0.2, 0.25) is 5.02 Å². The van der Waals surface area contributed by atoms with Crippen LogP contribution in [0.1, 0.15) is 10.4 Å². The Hall–Kier alpha value is -1.85. The number of oxazole rings is 1. The van der Waals surface area contributed by atoms with E-state index in [-0.39, 0.29) is 5.56 Å². The number of carboxylic acids is 1. The Morgan fingerprint density at radius 2 is 2.05 bits per heavy atom. The van der Waals surface area contributed by atoms with Gasteiger partial charge in [-0.15, -0.1) is 0 Å². The Labute approximate surface area is 127 Å². The maximum Gasteiger partial charge on any atom is 0.335 e. The number of carboxylic acid groups (broad SMARTS) is 1. The van der Waals surface area contributed by atoms with Crippen molar-refractivity contribution in [2.24, 2.45) is 0 Å². The van der Waals surface area contributed by atoms with E-state index in [4.69, 9.17) is 21.1 Å². The maximum absolute atomic E-state index is 10.9. The summed E-state index contributed by atoms with van der Waals surface area (Å²) in [5, 5.41) is 9.55. The second kappa shape index (κ2) is 4.92. The summed E-state index contributed by atoms with van der Waals surface area (Å²) < 4.78 is 6.34. The monoisotopic (exact) mass is 351 g/mol. The summed E-state index contributed by atoms with van der Waals surface area (Å²) in [4.78, 5) is 15.3. The Balaban J connectivity index is 2.12. The molecule has 20 heavy (non-hydrogen) atoms. The molecule has 0 aliphatic rings. The Bertz CT molecular complexity index is 828. The van der Waals surface area contributed by atoms with E-state index in [0.29, 0.717) is 22.0 Å². The first kappa shape index (κ1) is 13.1. The molecule has 3 aromatic rings. The highest BCUT2D eigenvalue weighted by molar-refractivity contribution is 9.10. The number of fused-ring (bicyclic) bond motifs is 1. The molecule has 6 heteroatoms. The van der Waals surface area contributed by atoms with E-state index in [2.05, 4.69) is 20.9 Å². The lowest BCUT2D eigenvalue weighted by Gasteiger charge is -1.98. The van der Waals surface area contributed by atoms with Crippen LogP contribution in [0, 0.1) is 0 Å². The number of halogens is 2. The number of hydrogen-bond acceptors (Lipinski definition) is 3. The van der Waals surface area contributed by atoms with Crippen molar-refractivity contribution >= 4 is 44.6 Å². The van der Waals surface area contributed by atoms with Gasteiger partial charge in [-0.2, -0.15) is 0 Å². The summed E-state index contributed by atoms with van der Waals surface area (Å²) in [7, 11) is 0. The summed E-state index contributed by atoms with van der Waals surface area (Å²) in [6, 6.07) is 9.89. The lowest BCUT2D eigenvalue weighted by molar-refractivity contribution is 0.0697. The normalized spacial score (nSPS) is 10.9. The highest BCUT2D eigenvalue weighted by Crippen LogP contribution is 2.30. The minimum absolute atomic E-state index is 0.164. The van der Waals surface area contributed by atoms with Crippen molar-refractivity contribution in [2.45, 2.75) is 0 Å². The average Bonchev–Trinajstić information content (AvgIpc) is 2.84. The quantitative estimate of drug-likeness (QED) is 0.731. The first-order valence-corrected chi connectivity index (χ1v) is 6.81. The number of aromatic carboxylic acids is 1. The second-order valence-corrected chi connectivity index (χ2v) is 5.40. The second-order valence-electron chi connectivity index (χ2n) is 4.14. The number of rotatable bonds is 2. The van der Waals surface area contributed by atoms with Gasteiger partial charge in [-0.1, -0.05) is 11.6 Å². The van der Waals surface area contributed by atoms with Crippen LogP contribution in [0.3, 0.4) is 0 Å². The number of hydrogen-bond donors (Lipinski definition) is 1. The zero-order chi connectivity index (χ0) is 14.3. The van der Waals surface area contributed by atoms with Gasteiger partial charge in [0.25, 0.3) is 0 Å². The van der Waals surface area contributed by atoms with E-state index in [9.17, 15) is 4.79 Å². The van der Waals surface area contributed by atoms with Crippen LogP contribution in [0.4, 0.5) is 0 Å². The minimum Gasteiger partial charge on any atom is -0.478 e. The van der Waals surface area contributed by atoms with Gasteiger partial charge in [-0.05, 0) is 52.3 Å². The van der Waals surface area contributed by atoms with Crippen molar-refractivity contribution in [3.8, 4) is 11.5 Å². The van der Waals surface area contributed by atoms with Gasteiger partial charge < -0.3 is 9.52 Å². The molecule has 0 fully saturated rings. The van der Waals surface area contributed by atoms with E-state index in [1.54, 1.807) is 24.3 Å². The summed E-state index contributed by atoms with van der Waals surface area (Å²) in [6.45, 7) is 0. The largest absolute Gasteiger partial charge is 0.478 e. The van der Waals surface area contributed by atoms with Crippen molar-refractivity contribution < 1.29 is 14.3 Å². The van der Waals surface area contributed by atoms with Crippen molar-refractivity contribution in [2.75, 3.05) is 0 Å². The van der Waals surface area contributed by atoms with E-state index in [1.807, 2.05) is 0 Å². The highest BCUT2D eigenvalue weighted by Gasteiger charge is 2.12. The molecule has 0 atom stereocenters. The molecule has 4 nitrogen and oxygen atoms in total. The van der Waals surface area contributed by atoms with Crippen LogP contribution < -0.4 is 0 Å². The van der Waals surface area contributed by atoms with Crippen LogP contribution in [-0.4, -0.2) is 16.1 Å². The van der Waals surface area contributed by atoms with Crippen molar-refractivity contribution in [3.05, 3.63) is 51.5 Å². The molecule has 0 unspecified atom stereocenters. The van der Waals surface area contributed by atoms with Crippen molar-refractivity contribution in [3.63, 3.8) is 0 Å². The predicted molar refractivity (Wildman–Crippen MR) is 79.1 cm³/mol. The Kier molecular flexibility index (Phi) is 3.23. The fourth-order valence-corrected chi connectivity index (χ4v) is 2.31. The van der Waals surface area contributed by atoms with Gasteiger partial charge in [0.15, 0.2) is 5.58 Å². The molecule has 0 aliphatic heterocycles. The van der Waals surface area contributed by atoms with Gasteiger partial charge in [0.2, 0.25) is 5.89 Å². The van der Waals surface area contributed by atoms with Gasteiger partial charge in [-0.25, -0.2) is 9.78 Å². The molecule has 1 aromatic heterocycles. The fourth-order valence-electron chi connectivity index (χ4n) is 1.81. The van der Waals surface area contributed by atoms with Crippen LogP contribution in [0.5, 0.6) is 0 Å². The van der Waals surface area contributed by atoms with Crippen LogP contribution in [0.25, 0.3) is 22.6 Å². The fraction of sp³-hybridized carbons (Fsp3) is 0. The topological polar surface area (TPSA) is 63.3 Å². The van der Waals surface area contributed by atoms with E-state index in [1.165, 1.54) is 12.1 Å². The SMILES string of the molecule is O=C(O)c1ccc2nc(-c3ccc(Cl)c(Br)c3)oc2c1. The van der Waals surface area contributed by atoms with Gasteiger partial charge in [0.1, 0.15) is 5.52 Å². The summed E-state index contributed by atoms with van der Waals surface area (Å²) in [6.07, 6.45) is 0. The lowest BCUT2D eigenvalue weighted by atomic mass is 10.2. The summed E-state index contributed by atoms with van der Waals surface area (Å²) in [5.74, 6) is -0.584. The number of nitrogens with zero attached hydrogens (tertiary/aromatic N) is 1. The van der Waals surface area contributed by atoms with E-state index < -0.39 is 5.97 Å². The molecule has 0 radical (unpaired) electrons. The average molecular weight is 353 g/mol. The highest BCUT2D eigenvalue weighted by atomic mass is 79.9. The molecule has 0 amide bonds. The van der Waals surface area contributed by atoms with Gasteiger partial charge >= 0.3 is 5.97 Å². The van der Waals surface area contributed by atoms with E-state index in [0.717, 1.165) is 10.0 Å². The zero-order valence-electron chi connectivity index (χ0n) is 9.93. The minimum atomic E-state index is -1.00. The van der Waals surface area contributed by atoms with E-state index >= 15 is 0 Å². The first-order valence-electron chi connectivity index (χ1n) is 5.64. The van der Waals surface area contributed by atoms with Gasteiger partial charge in [-0.3, -0.25) is 0 Å². The lowest BCUT2D eigenvalue weighted by Crippen LogP contribution is -1.94. The number of carbonyl (C=O) groups is 1. The number of benzene rings is 2.